The van der Waals surface area contributed by atoms with Crippen molar-refractivity contribution >= 4 is 5.91 Å². The molecule has 1 aliphatic heterocycles. The molecule has 2 atom stereocenters. The molecule has 1 amide bonds. The summed E-state index contributed by atoms with van der Waals surface area (Å²) < 4.78 is 0. The van der Waals surface area contributed by atoms with Crippen molar-refractivity contribution in [2.24, 2.45) is 28.4 Å². The fourth-order valence-electron chi connectivity index (χ4n) is 3.64. The van der Waals surface area contributed by atoms with E-state index in [2.05, 4.69) is 39.5 Å². The topological polar surface area (TPSA) is 46.3 Å². The molecule has 2 fully saturated rings. The highest BCUT2D eigenvalue weighted by atomic mass is 16.2. The largest absolute Gasteiger partial charge is 0.342 e. The van der Waals surface area contributed by atoms with E-state index in [1.54, 1.807) is 0 Å². The van der Waals surface area contributed by atoms with Crippen molar-refractivity contribution in [2.75, 3.05) is 13.1 Å². The van der Waals surface area contributed by atoms with Crippen LogP contribution in [0.2, 0.25) is 0 Å². The van der Waals surface area contributed by atoms with Crippen molar-refractivity contribution < 1.29 is 4.79 Å². The Hall–Kier alpha value is -0.570. The normalized spacial score (nSPS) is 32.1. The molecule has 1 saturated carbocycles. The number of carbonyl (C=O) groups excluding carboxylic acids is 1. The van der Waals surface area contributed by atoms with Gasteiger partial charge < -0.3 is 10.6 Å². The van der Waals surface area contributed by atoms with Gasteiger partial charge in [-0.1, -0.05) is 27.7 Å². The quantitative estimate of drug-likeness (QED) is 0.819. The zero-order valence-electron chi connectivity index (χ0n) is 12.5. The summed E-state index contributed by atoms with van der Waals surface area (Å²) in [5.41, 5.74) is 6.28. The van der Waals surface area contributed by atoms with Crippen LogP contribution in [-0.4, -0.2) is 29.9 Å². The Morgan fingerprint density at radius 3 is 2.28 bits per heavy atom. The maximum absolute atomic E-state index is 12.6. The second kappa shape index (κ2) is 4.22. The first-order valence-electron chi connectivity index (χ1n) is 7.24. The Morgan fingerprint density at radius 2 is 1.83 bits per heavy atom. The third-order valence-electron chi connectivity index (χ3n) is 5.78. The van der Waals surface area contributed by atoms with Gasteiger partial charge in [0, 0.05) is 25.0 Å². The minimum atomic E-state index is 0.144. The fraction of sp³-hybridized carbons (Fsp3) is 0.933. The van der Waals surface area contributed by atoms with Gasteiger partial charge in [0.15, 0.2) is 0 Å². The molecule has 0 unspecified atom stereocenters. The van der Waals surface area contributed by atoms with Gasteiger partial charge in [0.25, 0.3) is 0 Å². The van der Waals surface area contributed by atoms with Gasteiger partial charge in [0.2, 0.25) is 5.91 Å². The first kappa shape index (κ1) is 13.9. The van der Waals surface area contributed by atoms with Gasteiger partial charge in [-0.15, -0.1) is 0 Å². The maximum atomic E-state index is 12.6. The Labute approximate surface area is 111 Å². The summed E-state index contributed by atoms with van der Waals surface area (Å²) in [7, 11) is 0. The molecule has 0 aromatic carbocycles. The molecule has 0 aromatic rings. The summed E-state index contributed by atoms with van der Waals surface area (Å²) in [4.78, 5) is 14.7. The molecular formula is C15H28N2O. The summed E-state index contributed by atoms with van der Waals surface area (Å²) in [5.74, 6) is 1.03. The molecule has 2 rings (SSSR count). The lowest BCUT2D eigenvalue weighted by molar-refractivity contribution is -0.135. The summed E-state index contributed by atoms with van der Waals surface area (Å²) in [6.07, 6.45) is 2.27. The van der Waals surface area contributed by atoms with Crippen molar-refractivity contribution in [2.45, 2.75) is 53.5 Å². The van der Waals surface area contributed by atoms with E-state index in [1.807, 2.05) is 0 Å². The summed E-state index contributed by atoms with van der Waals surface area (Å²) in [5, 5.41) is 0. The van der Waals surface area contributed by atoms with Crippen LogP contribution in [0.5, 0.6) is 0 Å². The lowest BCUT2D eigenvalue weighted by Crippen LogP contribution is -2.46. The van der Waals surface area contributed by atoms with E-state index in [4.69, 9.17) is 5.73 Å². The number of carbonyl (C=O) groups is 1. The summed E-state index contributed by atoms with van der Waals surface area (Å²) in [6.45, 7) is 12.7. The third kappa shape index (κ3) is 1.97. The van der Waals surface area contributed by atoms with Gasteiger partial charge in [-0.2, -0.15) is 0 Å². The number of nitrogens with two attached hydrogens (primary N) is 1. The van der Waals surface area contributed by atoms with Gasteiger partial charge in [-0.25, -0.2) is 0 Å². The van der Waals surface area contributed by atoms with Crippen LogP contribution in [0.15, 0.2) is 0 Å². The molecule has 1 saturated heterocycles. The van der Waals surface area contributed by atoms with Crippen molar-refractivity contribution in [3.05, 3.63) is 0 Å². The van der Waals surface area contributed by atoms with Crippen LogP contribution in [0.1, 0.15) is 47.5 Å². The second-order valence-electron chi connectivity index (χ2n) is 7.42. The molecule has 1 heterocycles. The number of rotatable bonds is 2. The smallest absolute Gasteiger partial charge is 0.226 e. The average molecular weight is 252 g/mol. The fourth-order valence-corrected chi connectivity index (χ4v) is 3.64. The minimum Gasteiger partial charge on any atom is -0.342 e. The van der Waals surface area contributed by atoms with Gasteiger partial charge in [-0.05, 0) is 36.5 Å². The van der Waals surface area contributed by atoms with E-state index in [9.17, 15) is 4.79 Å². The SMILES string of the molecule is C[C@H](N)[C@H]1CCCN(C(=O)C2C(C)(C)C2(C)C)C1. The summed E-state index contributed by atoms with van der Waals surface area (Å²) in [6, 6.07) is 0.195. The molecule has 0 radical (unpaired) electrons. The third-order valence-corrected chi connectivity index (χ3v) is 5.78. The molecular weight excluding hydrogens is 224 g/mol. The number of piperidine rings is 1. The highest BCUT2D eigenvalue weighted by Crippen LogP contribution is 2.68. The summed E-state index contributed by atoms with van der Waals surface area (Å²) >= 11 is 0. The number of nitrogens with zero attached hydrogens (tertiary/aromatic N) is 1. The predicted octanol–water partition coefficient (Wildman–Crippen LogP) is 2.25. The zero-order valence-corrected chi connectivity index (χ0v) is 12.5. The van der Waals surface area contributed by atoms with E-state index in [-0.39, 0.29) is 22.8 Å². The lowest BCUT2D eigenvalue weighted by Gasteiger charge is -2.35. The van der Waals surface area contributed by atoms with Gasteiger partial charge >= 0.3 is 0 Å². The molecule has 0 bridgehead atoms. The Bertz CT molecular complexity index is 332. The van der Waals surface area contributed by atoms with Crippen LogP contribution in [0.4, 0.5) is 0 Å². The van der Waals surface area contributed by atoms with E-state index in [0.29, 0.717) is 11.8 Å². The van der Waals surface area contributed by atoms with Crippen molar-refractivity contribution in [1.29, 1.82) is 0 Å². The standard InChI is InChI=1S/C15H28N2O/c1-10(16)11-7-6-8-17(9-11)13(18)12-14(2,3)15(12,4)5/h10-12H,6-9,16H2,1-5H3/t10-,11-/m0/s1. The zero-order chi connectivity index (χ0) is 13.7. The van der Waals surface area contributed by atoms with Gasteiger partial charge in [-0.3, -0.25) is 4.79 Å². The van der Waals surface area contributed by atoms with E-state index in [0.717, 1.165) is 19.5 Å². The molecule has 2 N–H and O–H groups in total. The van der Waals surface area contributed by atoms with Crippen LogP contribution in [0.3, 0.4) is 0 Å². The molecule has 3 heteroatoms. The molecule has 0 aromatic heterocycles. The first-order valence-corrected chi connectivity index (χ1v) is 7.24. The predicted molar refractivity (Wildman–Crippen MR) is 74.0 cm³/mol. The number of amides is 1. The van der Waals surface area contributed by atoms with Gasteiger partial charge in [0.1, 0.15) is 0 Å². The van der Waals surface area contributed by atoms with E-state index < -0.39 is 0 Å². The lowest BCUT2D eigenvalue weighted by atomic mass is 9.91. The Kier molecular flexibility index (Phi) is 3.25. The van der Waals surface area contributed by atoms with Crippen LogP contribution in [0, 0.1) is 22.7 Å². The number of hydrogen-bond acceptors (Lipinski definition) is 2. The van der Waals surface area contributed by atoms with Crippen LogP contribution >= 0.6 is 0 Å². The minimum absolute atomic E-state index is 0.144. The van der Waals surface area contributed by atoms with Crippen molar-refractivity contribution in [3.63, 3.8) is 0 Å². The Balaban J connectivity index is 2.03. The van der Waals surface area contributed by atoms with Crippen LogP contribution in [0.25, 0.3) is 0 Å². The monoisotopic (exact) mass is 252 g/mol. The first-order chi connectivity index (χ1) is 8.19. The van der Waals surface area contributed by atoms with Crippen molar-refractivity contribution in [3.8, 4) is 0 Å². The molecule has 0 spiro atoms. The molecule has 2 aliphatic rings. The second-order valence-corrected chi connectivity index (χ2v) is 7.42. The van der Waals surface area contributed by atoms with E-state index in [1.165, 1.54) is 6.42 Å². The Morgan fingerprint density at radius 1 is 1.28 bits per heavy atom. The molecule has 18 heavy (non-hydrogen) atoms. The molecule has 104 valence electrons. The average Bonchev–Trinajstić information content (AvgIpc) is 2.69. The van der Waals surface area contributed by atoms with Gasteiger partial charge in [0.05, 0.1) is 0 Å². The molecule has 1 aliphatic carbocycles. The number of hydrogen-bond donors (Lipinski definition) is 1. The highest BCUT2D eigenvalue weighted by Gasteiger charge is 2.68. The highest BCUT2D eigenvalue weighted by molar-refractivity contribution is 5.84. The molecule has 3 nitrogen and oxygen atoms in total. The maximum Gasteiger partial charge on any atom is 0.226 e. The van der Waals surface area contributed by atoms with Crippen LogP contribution in [-0.2, 0) is 4.79 Å². The number of likely N-dealkylation sites (tertiary alicyclic amines) is 1. The van der Waals surface area contributed by atoms with E-state index >= 15 is 0 Å². The van der Waals surface area contributed by atoms with Crippen LogP contribution < -0.4 is 5.73 Å². The van der Waals surface area contributed by atoms with Crippen molar-refractivity contribution in [1.82, 2.24) is 4.90 Å².